The van der Waals surface area contributed by atoms with E-state index >= 15 is 0 Å². The summed E-state index contributed by atoms with van der Waals surface area (Å²) >= 11 is 0. The van der Waals surface area contributed by atoms with Gasteiger partial charge in [-0.2, -0.15) is 0 Å². The molecule has 0 N–H and O–H groups in total. The summed E-state index contributed by atoms with van der Waals surface area (Å²) < 4.78 is 0. The van der Waals surface area contributed by atoms with Crippen LogP contribution in [0.3, 0.4) is 0 Å². The van der Waals surface area contributed by atoms with Gasteiger partial charge in [-0.15, -0.1) is 39.7 Å². The Morgan fingerprint density at radius 1 is 0.867 bits per heavy atom. The number of hydrogen-bond donors (Lipinski definition) is 0. The van der Waals surface area contributed by atoms with Crippen molar-refractivity contribution in [1.29, 1.82) is 0 Å². The molecule has 0 aromatic heterocycles. The molecule has 0 saturated carbocycles. The third-order valence-electron chi connectivity index (χ3n) is 2.77. The van der Waals surface area contributed by atoms with Gasteiger partial charge in [0.1, 0.15) is 0 Å². The molecule has 0 aliphatic rings. The van der Waals surface area contributed by atoms with Crippen LogP contribution in [0, 0.1) is 6.92 Å². The second-order valence-electron chi connectivity index (χ2n) is 3.82. The van der Waals surface area contributed by atoms with Gasteiger partial charge < -0.3 is 0 Å². The molecule has 0 heterocycles. The van der Waals surface area contributed by atoms with E-state index in [4.69, 9.17) is 0 Å². The van der Waals surface area contributed by atoms with Gasteiger partial charge in [-0.05, 0) is 6.92 Å². The van der Waals surface area contributed by atoms with Crippen LogP contribution in [-0.2, 0) is 0 Å². The summed E-state index contributed by atoms with van der Waals surface area (Å²) in [6.45, 7) is 2.14. The van der Waals surface area contributed by atoms with Crippen molar-refractivity contribution >= 4 is 21.5 Å². The van der Waals surface area contributed by atoms with Crippen LogP contribution in [0.2, 0.25) is 0 Å². The van der Waals surface area contributed by atoms with E-state index in [0.717, 1.165) is 0 Å². The molecule has 0 nitrogen and oxygen atoms in total. The van der Waals surface area contributed by atoms with E-state index in [0.29, 0.717) is 0 Å². The van der Waals surface area contributed by atoms with Gasteiger partial charge in [-0.3, -0.25) is 0 Å². The molecule has 0 aliphatic heterocycles. The van der Waals surface area contributed by atoms with Crippen LogP contribution in [0.1, 0.15) is 5.56 Å². The zero-order valence-corrected chi connectivity index (χ0v) is 9.12. The van der Waals surface area contributed by atoms with Crippen LogP contribution in [0.4, 0.5) is 0 Å². The maximum Gasteiger partial charge on any atom is 1.00 e. The van der Waals surface area contributed by atoms with Crippen LogP contribution < -0.4 is 18.9 Å². The normalized spacial score (nSPS) is 10.5. The monoisotopic (exact) mass is 186 g/mol. The third kappa shape index (κ3) is 1.61. The Morgan fingerprint density at radius 2 is 1.60 bits per heavy atom. The van der Waals surface area contributed by atoms with E-state index in [1.54, 1.807) is 0 Å². The molecule has 68 valence electrons. The van der Waals surface area contributed by atoms with Crippen molar-refractivity contribution in [2.75, 3.05) is 0 Å². The van der Waals surface area contributed by atoms with E-state index in [-0.39, 0.29) is 18.9 Å². The van der Waals surface area contributed by atoms with Crippen molar-refractivity contribution in [3.05, 3.63) is 54.1 Å². The number of rotatable bonds is 0. The van der Waals surface area contributed by atoms with Crippen molar-refractivity contribution in [3.8, 4) is 0 Å². The summed E-state index contributed by atoms with van der Waals surface area (Å²) in [6, 6.07) is 17.4. The van der Waals surface area contributed by atoms with Gasteiger partial charge in [-0.1, -0.05) is 35.9 Å². The summed E-state index contributed by atoms with van der Waals surface area (Å²) in [4.78, 5) is 0. The quantitative estimate of drug-likeness (QED) is 0.363. The van der Waals surface area contributed by atoms with Crippen molar-refractivity contribution < 1.29 is 18.9 Å². The molecule has 0 atom stereocenters. The molecule has 3 rings (SSSR count). The van der Waals surface area contributed by atoms with Crippen LogP contribution >= 0.6 is 0 Å². The second-order valence-corrected chi connectivity index (χ2v) is 3.82. The molecule has 3 aromatic rings. The first kappa shape index (κ1) is 10.4. The topological polar surface area (TPSA) is 0 Å². The van der Waals surface area contributed by atoms with E-state index in [1.165, 1.54) is 27.1 Å². The summed E-state index contributed by atoms with van der Waals surface area (Å²) in [5.74, 6) is 0. The maximum absolute atomic E-state index is 2.26. The predicted octanol–water partition coefficient (Wildman–Crippen LogP) is 1.02. The maximum atomic E-state index is 2.26. The molecule has 0 unspecified atom stereocenters. The number of benzene rings is 2. The fraction of sp³-hybridized carbons (Fsp3) is 0.0714. The molecule has 15 heavy (non-hydrogen) atoms. The Balaban J connectivity index is 0.000000853. The molecular formula is C14H11Li. The summed E-state index contributed by atoms with van der Waals surface area (Å²) in [5.41, 5.74) is 1.33. The zero-order valence-electron chi connectivity index (χ0n) is 9.12. The number of fused-ring (bicyclic) bond motifs is 3. The molecule has 0 amide bonds. The molecular weight excluding hydrogens is 175 g/mol. The van der Waals surface area contributed by atoms with Crippen LogP contribution in [0.25, 0.3) is 21.5 Å². The van der Waals surface area contributed by atoms with Crippen molar-refractivity contribution in [1.82, 2.24) is 0 Å². The summed E-state index contributed by atoms with van der Waals surface area (Å²) in [6.07, 6.45) is 0. The SMILES string of the molecule is Cc1ccc2c(c1)[cH-]c1ccccc12.[Li+]. The molecule has 0 fully saturated rings. The van der Waals surface area contributed by atoms with Gasteiger partial charge in [0.15, 0.2) is 0 Å². The minimum absolute atomic E-state index is 0. The minimum atomic E-state index is 0. The molecule has 0 saturated heterocycles. The summed E-state index contributed by atoms with van der Waals surface area (Å²) in [7, 11) is 0. The van der Waals surface area contributed by atoms with Gasteiger partial charge in [-0.25, -0.2) is 0 Å². The van der Waals surface area contributed by atoms with Crippen molar-refractivity contribution in [3.63, 3.8) is 0 Å². The fourth-order valence-corrected chi connectivity index (χ4v) is 2.08. The fourth-order valence-electron chi connectivity index (χ4n) is 2.08. The zero-order chi connectivity index (χ0) is 9.54. The standard InChI is InChI=1S/C14H11.Li/c1-10-6-7-14-12(8-10)9-11-4-2-3-5-13(11)14;/h2-9H,1H3;/q-1;+1. The summed E-state index contributed by atoms with van der Waals surface area (Å²) in [5, 5.41) is 5.42. The first-order valence-corrected chi connectivity index (χ1v) is 4.89. The third-order valence-corrected chi connectivity index (χ3v) is 2.77. The van der Waals surface area contributed by atoms with Crippen molar-refractivity contribution in [2.24, 2.45) is 0 Å². The van der Waals surface area contributed by atoms with Gasteiger partial charge in [0, 0.05) is 0 Å². The molecule has 1 heteroatoms. The Kier molecular flexibility index (Phi) is 2.65. The Morgan fingerprint density at radius 3 is 2.47 bits per heavy atom. The largest absolute Gasteiger partial charge is 1.00 e. The number of aryl methyl sites for hydroxylation is 1. The average molecular weight is 186 g/mol. The van der Waals surface area contributed by atoms with Gasteiger partial charge >= 0.3 is 18.9 Å². The van der Waals surface area contributed by atoms with Gasteiger partial charge in [0.25, 0.3) is 0 Å². The second kappa shape index (κ2) is 3.81. The molecule has 0 radical (unpaired) electrons. The molecule has 0 aliphatic carbocycles. The Bertz CT molecular complexity index is 605. The average Bonchev–Trinajstić information content (AvgIpc) is 2.54. The van der Waals surface area contributed by atoms with Crippen molar-refractivity contribution in [2.45, 2.75) is 6.92 Å². The van der Waals surface area contributed by atoms with E-state index < -0.39 is 0 Å². The van der Waals surface area contributed by atoms with Gasteiger partial charge in [0.2, 0.25) is 0 Å². The predicted molar refractivity (Wildman–Crippen MR) is 61.8 cm³/mol. The smallest absolute Gasteiger partial charge is 0.126 e. The number of hydrogen-bond acceptors (Lipinski definition) is 0. The van der Waals surface area contributed by atoms with E-state index in [9.17, 15) is 0 Å². The first-order valence-electron chi connectivity index (χ1n) is 4.89. The molecule has 0 bridgehead atoms. The first-order chi connectivity index (χ1) is 6.84. The van der Waals surface area contributed by atoms with Crippen LogP contribution in [0.15, 0.2) is 48.5 Å². The van der Waals surface area contributed by atoms with E-state index in [2.05, 4.69) is 55.5 Å². The molecule has 3 aromatic carbocycles. The Hall–Kier alpha value is -1.09. The van der Waals surface area contributed by atoms with Crippen LogP contribution in [0.5, 0.6) is 0 Å². The van der Waals surface area contributed by atoms with Gasteiger partial charge in [0.05, 0.1) is 0 Å². The minimum Gasteiger partial charge on any atom is -0.126 e. The van der Waals surface area contributed by atoms with Crippen LogP contribution in [-0.4, -0.2) is 0 Å². The molecule has 0 spiro atoms. The van der Waals surface area contributed by atoms with E-state index in [1.807, 2.05) is 0 Å². The Labute approximate surface area is 101 Å².